The van der Waals surface area contributed by atoms with Crippen molar-refractivity contribution in [1.82, 2.24) is 15.5 Å². The zero-order chi connectivity index (χ0) is 20.2. The molecule has 156 valence electrons. The fourth-order valence-corrected chi connectivity index (χ4v) is 3.26. The summed E-state index contributed by atoms with van der Waals surface area (Å²) >= 11 is 0. The van der Waals surface area contributed by atoms with Crippen LogP contribution >= 0.6 is 0 Å². The third-order valence-corrected chi connectivity index (χ3v) is 4.88. The largest absolute Gasteiger partial charge is 0.497 e. The van der Waals surface area contributed by atoms with Crippen LogP contribution in [0.2, 0.25) is 0 Å². The van der Waals surface area contributed by atoms with Crippen molar-refractivity contribution in [3.63, 3.8) is 0 Å². The van der Waals surface area contributed by atoms with Gasteiger partial charge in [0.15, 0.2) is 0 Å². The number of rotatable bonds is 11. The maximum Gasteiger partial charge on any atom is 0.222 e. The number of methoxy groups -OCH3 is 1. The van der Waals surface area contributed by atoms with Crippen molar-refractivity contribution < 1.29 is 19.4 Å². The molecule has 1 saturated heterocycles. The number of benzene rings is 1. The highest BCUT2D eigenvalue weighted by molar-refractivity contribution is 5.79. The van der Waals surface area contributed by atoms with Gasteiger partial charge in [0.1, 0.15) is 5.75 Å². The fraction of sp³-hybridized carbons (Fsp3) is 0.619. The van der Waals surface area contributed by atoms with Gasteiger partial charge >= 0.3 is 0 Å². The summed E-state index contributed by atoms with van der Waals surface area (Å²) in [6, 6.07) is 7.72. The SMILES string of the molecule is COc1cccc(CNCC(O)CNC(=O)CCCC(=O)N2CCCCC2)c1. The van der Waals surface area contributed by atoms with Crippen LogP contribution in [0, 0.1) is 0 Å². The maximum absolute atomic E-state index is 12.1. The van der Waals surface area contributed by atoms with E-state index in [4.69, 9.17) is 4.74 Å². The molecule has 1 aromatic rings. The number of hydrogen-bond donors (Lipinski definition) is 3. The summed E-state index contributed by atoms with van der Waals surface area (Å²) in [6.45, 7) is 2.88. The molecule has 0 radical (unpaired) electrons. The lowest BCUT2D eigenvalue weighted by molar-refractivity contribution is -0.132. The molecule has 0 saturated carbocycles. The van der Waals surface area contributed by atoms with Crippen molar-refractivity contribution in [3.8, 4) is 5.75 Å². The van der Waals surface area contributed by atoms with Gasteiger partial charge in [-0.1, -0.05) is 12.1 Å². The lowest BCUT2D eigenvalue weighted by Crippen LogP contribution is -2.38. The summed E-state index contributed by atoms with van der Waals surface area (Å²) in [7, 11) is 1.63. The van der Waals surface area contributed by atoms with Crippen LogP contribution in [0.4, 0.5) is 0 Å². The number of carbonyl (C=O) groups excluding carboxylic acids is 2. The molecule has 1 heterocycles. The first-order valence-corrected chi connectivity index (χ1v) is 10.1. The molecular formula is C21H33N3O4. The predicted octanol–water partition coefficient (Wildman–Crippen LogP) is 1.44. The van der Waals surface area contributed by atoms with Crippen LogP contribution in [0.3, 0.4) is 0 Å². The number of likely N-dealkylation sites (tertiary alicyclic amines) is 1. The molecular weight excluding hydrogens is 358 g/mol. The van der Waals surface area contributed by atoms with Gasteiger partial charge in [-0.15, -0.1) is 0 Å². The van der Waals surface area contributed by atoms with Gasteiger partial charge in [0.05, 0.1) is 13.2 Å². The van der Waals surface area contributed by atoms with E-state index in [1.807, 2.05) is 29.2 Å². The molecule has 1 aliphatic rings. The summed E-state index contributed by atoms with van der Waals surface area (Å²) in [4.78, 5) is 25.9. The molecule has 7 heteroatoms. The van der Waals surface area contributed by atoms with Crippen molar-refractivity contribution in [3.05, 3.63) is 29.8 Å². The summed E-state index contributed by atoms with van der Waals surface area (Å²) < 4.78 is 5.18. The van der Waals surface area contributed by atoms with Crippen molar-refractivity contribution in [2.45, 2.75) is 51.2 Å². The topological polar surface area (TPSA) is 90.9 Å². The number of nitrogens with zero attached hydrogens (tertiary/aromatic N) is 1. The van der Waals surface area contributed by atoms with E-state index in [1.165, 1.54) is 6.42 Å². The van der Waals surface area contributed by atoms with Crippen LogP contribution in [0.5, 0.6) is 5.75 Å². The second-order valence-corrected chi connectivity index (χ2v) is 7.24. The lowest BCUT2D eigenvalue weighted by Gasteiger charge is -2.26. The lowest BCUT2D eigenvalue weighted by atomic mass is 10.1. The second kappa shape index (κ2) is 12.4. The highest BCUT2D eigenvalue weighted by atomic mass is 16.5. The zero-order valence-corrected chi connectivity index (χ0v) is 16.8. The second-order valence-electron chi connectivity index (χ2n) is 7.24. The Labute approximate surface area is 167 Å². The first-order valence-electron chi connectivity index (χ1n) is 10.1. The number of nitrogens with one attached hydrogen (secondary N) is 2. The molecule has 3 N–H and O–H groups in total. The van der Waals surface area contributed by atoms with E-state index in [9.17, 15) is 14.7 Å². The summed E-state index contributed by atoms with van der Waals surface area (Å²) in [6.07, 6.45) is 3.96. The minimum absolute atomic E-state index is 0.127. The molecule has 28 heavy (non-hydrogen) atoms. The van der Waals surface area contributed by atoms with Gasteiger partial charge in [-0.05, 0) is 43.4 Å². The molecule has 2 rings (SSSR count). The minimum Gasteiger partial charge on any atom is -0.497 e. The smallest absolute Gasteiger partial charge is 0.222 e. The van der Waals surface area contributed by atoms with Gasteiger partial charge in [0.25, 0.3) is 0 Å². The normalized spacial score (nSPS) is 15.1. The molecule has 2 amide bonds. The number of amides is 2. The van der Waals surface area contributed by atoms with Crippen LogP contribution in [-0.2, 0) is 16.1 Å². The molecule has 0 aliphatic carbocycles. The van der Waals surface area contributed by atoms with Crippen LogP contribution in [-0.4, -0.2) is 61.2 Å². The molecule has 1 atom stereocenters. The monoisotopic (exact) mass is 391 g/mol. The van der Waals surface area contributed by atoms with E-state index in [-0.39, 0.29) is 18.4 Å². The Morgan fingerprint density at radius 1 is 1.18 bits per heavy atom. The summed E-state index contributed by atoms with van der Waals surface area (Å²) in [5.41, 5.74) is 1.06. The first-order chi connectivity index (χ1) is 13.6. The summed E-state index contributed by atoms with van der Waals surface area (Å²) in [5.74, 6) is 0.818. The quantitative estimate of drug-likeness (QED) is 0.531. The standard InChI is InChI=1S/C21H33N3O4/c1-28-19-8-5-7-17(13-19)14-22-15-18(25)16-23-20(26)9-6-10-21(27)24-11-3-2-4-12-24/h5,7-8,13,18,22,25H,2-4,6,9-12,14-16H2,1H3,(H,23,26). The fourth-order valence-electron chi connectivity index (χ4n) is 3.26. The van der Waals surface area contributed by atoms with Crippen molar-refractivity contribution in [2.75, 3.05) is 33.3 Å². The Bertz CT molecular complexity index is 617. The number of aliphatic hydroxyl groups excluding tert-OH is 1. The predicted molar refractivity (Wildman–Crippen MR) is 108 cm³/mol. The molecule has 1 fully saturated rings. The number of piperidine rings is 1. The van der Waals surface area contributed by atoms with Gasteiger partial charge < -0.3 is 25.4 Å². The van der Waals surface area contributed by atoms with Crippen LogP contribution in [0.25, 0.3) is 0 Å². The minimum atomic E-state index is -0.662. The van der Waals surface area contributed by atoms with E-state index in [0.29, 0.717) is 32.4 Å². The molecule has 0 aromatic heterocycles. The third-order valence-electron chi connectivity index (χ3n) is 4.88. The van der Waals surface area contributed by atoms with E-state index < -0.39 is 6.10 Å². The van der Waals surface area contributed by atoms with Gasteiger partial charge in [0, 0.05) is 45.6 Å². The van der Waals surface area contributed by atoms with E-state index in [0.717, 1.165) is 37.2 Å². The van der Waals surface area contributed by atoms with Crippen LogP contribution in [0.1, 0.15) is 44.1 Å². The Hall–Kier alpha value is -2.12. The van der Waals surface area contributed by atoms with E-state index in [2.05, 4.69) is 10.6 Å². The van der Waals surface area contributed by atoms with Crippen molar-refractivity contribution in [2.24, 2.45) is 0 Å². The number of hydrogen-bond acceptors (Lipinski definition) is 5. The molecule has 0 bridgehead atoms. The molecule has 0 spiro atoms. The molecule has 1 aliphatic heterocycles. The van der Waals surface area contributed by atoms with Crippen molar-refractivity contribution in [1.29, 1.82) is 0 Å². The van der Waals surface area contributed by atoms with E-state index in [1.54, 1.807) is 7.11 Å². The third kappa shape index (κ3) is 8.27. The Morgan fingerprint density at radius 3 is 2.71 bits per heavy atom. The van der Waals surface area contributed by atoms with Crippen molar-refractivity contribution >= 4 is 11.8 Å². The van der Waals surface area contributed by atoms with Crippen LogP contribution in [0.15, 0.2) is 24.3 Å². The van der Waals surface area contributed by atoms with E-state index >= 15 is 0 Å². The van der Waals surface area contributed by atoms with Gasteiger partial charge in [0.2, 0.25) is 11.8 Å². The van der Waals surface area contributed by atoms with Gasteiger partial charge in [-0.25, -0.2) is 0 Å². The Morgan fingerprint density at radius 2 is 1.96 bits per heavy atom. The molecule has 1 aromatic carbocycles. The maximum atomic E-state index is 12.1. The highest BCUT2D eigenvalue weighted by Gasteiger charge is 2.16. The number of carbonyl (C=O) groups is 2. The zero-order valence-electron chi connectivity index (χ0n) is 16.8. The van der Waals surface area contributed by atoms with Gasteiger partial charge in [-0.3, -0.25) is 9.59 Å². The Balaban J connectivity index is 1.53. The summed E-state index contributed by atoms with van der Waals surface area (Å²) in [5, 5.41) is 15.9. The average molecular weight is 392 g/mol. The van der Waals surface area contributed by atoms with Gasteiger partial charge in [-0.2, -0.15) is 0 Å². The molecule has 7 nitrogen and oxygen atoms in total. The first kappa shape index (κ1) is 22.2. The highest BCUT2D eigenvalue weighted by Crippen LogP contribution is 2.12. The average Bonchev–Trinajstić information content (AvgIpc) is 2.73. The number of aliphatic hydroxyl groups is 1. The number of ether oxygens (including phenoxy) is 1. The van der Waals surface area contributed by atoms with Crippen LogP contribution < -0.4 is 15.4 Å². The molecule has 1 unspecified atom stereocenters. The Kier molecular flexibility index (Phi) is 9.79.